The Balaban J connectivity index is 2.03. The monoisotopic (exact) mass is 282 g/mol. The summed E-state index contributed by atoms with van der Waals surface area (Å²) in [4.78, 5) is 12.6. The van der Waals surface area contributed by atoms with Gasteiger partial charge in [-0.2, -0.15) is 0 Å². The second kappa shape index (κ2) is 5.17. The lowest BCUT2D eigenvalue weighted by molar-refractivity contribution is 0.1000. The molecule has 0 aromatic heterocycles. The number of carbonyl (C=O) groups excluding carboxylic acids is 1. The number of ether oxygens (including phenoxy) is 1. The van der Waals surface area contributed by atoms with E-state index in [4.69, 9.17) is 4.74 Å². The van der Waals surface area contributed by atoms with Crippen molar-refractivity contribution in [3.8, 4) is 5.75 Å². The maximum Gasteiger partial charge on any atom is 0.196 e. The number of fused-ring (bicyclic) bond motifs is 1. The average Bonchev–Trinajstić information content (AvgIpc) is 2.41. The van der Waals surface area contributed by atoms with Crippen LogP contribution in [0.1, 0.15) is 27.0 Å². The van der Waals surface area contributed by atoms with Crippen LogP contribution in [-0.4, -0.2) is 12.4 Å². The van der Waals surface area contributed by atoms with Crippen molar-refractivity contribution in [3.63, 3.8) is 0 Å². The molecule has 2 aromatic carbocycles. The molecule has 0 amide bonds. The molecule has 0 bridgehead atoms. The first kappa shape index (κ1) is 13.6. The molecule has 2 nitrogen and oxygen atoms in total. The third-order valence-corrected chi connectivity index (χ3v) is 3.54. The summed E-state index contributed by atoms with van der Waals surface area (Å²) in [5.74, 6) is 0.271. The van der Waals surface area contributed by atoms with Crippen molar-refractivity contribution in [1.82, 2.24) is 0 Å². The fourth-order valence-electron chi connectivity index (χ4n) is 2.62. The zero-order valence-corrected chi connectivity index (χ0v) is 11.9. The Labute approximate surface area is 122 Å². The van der Waals surface area contributed by atoms with Gasteiger partial charge in [0.1, 0.15) is 18.2 Å². The summed E-state index contributed by atoms with van der Waals surface area (Å²) >= 11 is 0. The molecule has 0 unspecified atom stereocenters. The molecule has 2 aromatic rings. The molecule has 3 heteroatoms. The van der Waals surface area contributed by atoms with E-state index in [-0.39, 0.29) is 18.2 Å². The predicted octanol–water partition coefficient (Wildman–Crippen LogP) is 4.10. The molecule has 0 spiro atoms. The predicted molar refractivity (Wildman–Crippen MR) is 80.1 cm³/mol. The van der Waals surface area contributed by atoms with Crippen molar-refractivity contribution in [2.45, 2.75) is 13.8 Å². The standard InChI is InChI=1S/C18H15FO2/c1-11-6-12(2)17-16(7-11)21-10-14(18(17)20)8-13-4-3-5-15(19)9-13/h3-9H,10H2,1-2H3/b14-8+. The van der Waals surface area contributed by atoms with Crippen LogP contribution in [0.15, 0.2) is 42.0 Å². The number of carbonyl (C=O) groups is 1. The van der Waals surface area contributed by atoms with Gasteiger partial charge in [0.25, 0.3) is 0 Å². The van der Waals surface area contributed by atoms with E-state index >= 15 is 0 Å². The smallest absolute Gasteiger partial charge is 0.196 e. The number of ketones is 1. The van der Waals surface area contributed by atoms with E-state index < -0.39 is 0 Å². The highest BCUT2D eigenvalue weighted by Crippen LogP contribution is 2.31. The summed E-state index contributed by atoms with van der Waals surface area (Å²) in [7, 11) is 0. The minimum atomic E-state index is -0.319. The van der Waals surface area contributed by atoms with Crippen LogP contribution >= 0.6 is 0 Å². The van der Waals surface area contributed by atoms with Crippen LogP contribution in [0, 0.1) is 19.7 Å². The normalized spacial score (nSPS) is 15.8. The first-order chi connectivity index (χ1) is 10.0. The van der Waals surface area contributed by atoms with E-state index in [0.29, 0.717) is 22.4 Å². The van der Waals surface area contributed by atoms with Gasteiger partial charge < -0.3 is 4.74 Å². The molecule has 1 aliphatic rings. The van der Waals surface area contributed by atoms with Gasteiger partial charge in [0, 0.05) is 5.57 Å². The molecule has 0 saturated heterocycles. The first-order valence-corrected chi connectivity index (χ1v) is 6.79. The maximum atomic E-state index is 13.2. The Bertz CT molecular complexity index is 760. The Kier molecular flexibility index (Phi) is 3.34. The van der Waals surface area contributed by atoms with Gasteiger partial charge in [-0.15, -0.1) is 0 Å². The number of aryl methyl sites for hydroxylation is 2. The van der Waals surface area contributed by atoms with Gasteiger partial charge in [0.2, 0.25) is 0 Å². The summed E-state index contributed by atoms with van der Waals surface area (Å²) in [5.41, 5.74) is 3.78. The number of Topliss-reactive ketones (excluding diaryl/α,β-unsaturated/α-hetero) is 1. The van der Waals surface area contributed by atoms with Gasteiger partial charge in [0.05, 0.1) is 5.56 Å². The summed E-state index contributed by atoms with van der Waals surface area (Å²) < 4.78 is 18.9. The van der Waals surface area contributed by atoms with E-state index in [0.717, 1.165) is 11.1 Å². The minimum absolute atomic E-state index is 0.0435. The number of benzene rings is 2. The molecule has 0 saturated carbocycles. The van der Waals surface area contributed by atoms with Crippen molar-refractivity contribution in [3.05, 3.63) is 70.0 Å². The molecule has 0 aliphatic carbocycles. The summed E-state index contributed by atoms with van der Waals surface area (Å²) in [6.45, 7) is 4.09. The van der Waals surface area contributed by atoms with Gasteiger partial charge in [-0.05, 0) is 54.8 Å². The maximum absolute atomic E-state index is 13.2. The van der Waals surface area contributed by atoms with E-state index in [1.54, 1.807) is 18.2 Å². The minimum Gasteiger partial charge on any atom is -0.488 e. The zero-order chi connectivity index (χ0) is 15.0. The second-order valence-electron chi connectivity index (χ2n) is 5.30. The van der Waals surface area contributed by atoms with Gasteiger partial charge in [-0.25, -0.2) is 4.39 Å². The van der Waals surface area contributed by atoms with Crippen molar-refractivity contribution in [2.75, 3.05) is 6.61 Å². The Morgan fingerprint density at radius 2 is 2.00 bits per heavy atom. The Morgan fingerprint density at radius 3 is 2.76 bits per heavy atom. The molecule has 1 heterocycles. The lowest BCUT2D eigenvalue weighted by Gasteiger charge is -2.21. The SMILES string of the molecule is Cc1cc(C)c2c(c1)OC/C(=C\c1cccc(F)c1)C2=O. The second-order valence-corrected chi connectivity index (χ2v) is 5.30. The fraction of sp³-hybridized carbons (Fsp3) is 0.167. The van der Waals surface area contributed by atoms with E-state index in [2.05, 4.69) is 0 Å². The molecule has 1 aliphatic heterocycles. The molecule has 0 radical (unpaired) electrons. The first-order valence-electron chi connectivity index (χ1n) is 6.79. The summed E-state index contributed by atoms with van der Waals surface area (Å²) in [5, 5.41) is 0. The van der Waals surface area contributed by atoms with Crippen molar-refractivity contribution < 1.29 is 13.9 Å². The molecule has 0 atom stereocenters. The highest BCUT2D eigenvalue weighted by atomic mass is 19.1. The molecule has 3 rings (SSSR count). The van der Waals surface area contributed by atoms with Gasteiger partial charge in [0.15, 0.2) is 5.78 Å². The van der Waals surface area contributed by atoms with Crippen LogP contribution in [0.2, 0.25) is 0 Å². The van der Waals surface area contributed by atoms with E-state index in [9.17, 15) is 9.18 Å². The summed E-state index contributed by atoms with van der Waals surface area (Å²) in [6, 6.07) is 10.0. The Hall–Kier alpha value is -2.42. The van der Waals surface area contributed by atoms with Crippen LogP contribution in [-0.2, 0) is 0 Å². The Morgan fingerprint density at radius 1 is 1.19 bits per heavy atom. The molecule has 21 heavy (non-hydrogen) atoms. The highest BCUT2D eigenvalue weighted by molar-refractivity contribution is 6.14. The average molecular weight is 282 g/mol. The zero-order valence-electron chi connectivity index (χ0n) is 11.9. The molecular weight excluding hydrogens is 267 g/mol. The lowest BCUT2D eigenvalue weighted by Crippen LogP contribution is -2.20. The molecule has 0 fully saturated rings. The summed E-state index contributed by atoms with van der Waals surface area (Å²) in [6.07, 6.45) is 1.69. The third-order valence-electron chi connectivity index (χ3n) is 3.54. The molecule has 106 valence electrons. The van der Waals surface area contributed by atoms with E-state index in [1.807, 2.05) is 26.0 Å². The molecule has 0 N–H and O–H groups in total. The van der Waals surface area contributed by atoms with Gasteiger partial charge >= 0.3 is 0 Å². The highest BCUT2D eigenvalue weighted by Gasteiger charge is 2.25. The van der Waals surface area contributed by atoms with Crippen LogP contribution in [0.4, 0.5) is 4.39 Å². The van der Waals surface area contributed by atoms with Crippen LogP contribution in [0.3, 0.4) is 0 Å². The topological polar surface area (TPSA) is 26.3 Å². The van der Waals surface area contributed by atoms with Crippen molar-refractivity contribution in [2.24, 2.45) is 0 Å². The van der Waals surface area contributed by atoms with Crippen molar-refractivity contribution in [1.29, 1.82) is 0 Å². The number of hydrogen-bond donors (Lipinski definition) is 0. The van der Waals surface area contributed by atoms with Crippen molar-refractivity contribution >= 4 is 11.9 Å². The van der Waals surface area contributed by atoms with Gasteiger partial charge in [-0.1, -0.05) is 18.2 Å². The van der Waals surface area contributed by atoms with Crippen LogP contribution in [0.5, 0.6) is 5.75 Å². The number of hydrogen-bond acceptors (Lipinski definition) is 2. The number of rotatable bonds is 1. The largest absolute Gasteiger partial charge is 0.488 e. The lowest BCUT2D eigenvalue weighted by atomic mass is 9.93. The van der Waals surface area contributed by atoms with E-state index in [1.165, 1.54) is 12.1 Å². The third kappa shape index (κ3) is 2.59. The fourth-order valence-corrected chi connectivity index (χ4v) is 2.62. The van der Waals surface area contributed by atoms with Crippen LogP contribution in [0.25, 0.3) is 6.08 Å². The quantitative estimate of drug-likeness (QED) is 0.736. The molecular formula is C18H15FO2. The van der Waals surface area contributed by atoms with Crippen LogP contribution < -0.4 is 4.74 Å². The number of halogens is 1. The van der Waals surface area contributed by atoms with Gasteiger partial charge in [-0.3, -0.25) is 4.79 Å².